The van der Waals surface area contributed by atoms with Gasteiger partial charge in [-0.2, -0.15) is 0 Å². The lowest BCUT2D eigenvalue weighted by Gasteiger charge is -2.30. The van der Waals surface area contributed by atoms with Crippen LogP contribution in [-0.2, 0) is 0 Å². The number of rotatable bonds is 5. The number of nitrogens with zero attached hydrogens (tertiary/aromatic N) is 2. The molecule has 0 atom stereocenters. The molecule has 0 aromatic carbocycles. The van der Waals surface area contributed by atoms with Crippen LogP contribution >= 0.6 is 0 Å². The summed E-state index contributed by atoms with van der Waals surface area (Å²) < 4.78 is 0. The first-order valence-corrected chi connectivity index (χ1v) is 7.68. The Labute approximate surface area is 112 Å². The third kappa shape index (κ3) is 4.71. The van der Waals surface area contributed by atoms with Gasteiger partial charge < -0.3 is 10.2 Å². The first-order chi connectivity index (χ1) is 8.88. The van der Waals surface area contributed by atoms with Gasteiger partial charge in [-0.1, -0.05) is 18.1 Å². The summed E-state index contributed by atoms with van der Waals surface area (Å²) in [6.07, 6.45) is 7.85. The van der Waals surface area contributed by atoms with Gasteiger partial charge in [0.25, 0.3) is 0 Å². The fourth-order valence-electron chi connectivity index (χ4n) is 2.96. The zero-order valence-electron chi connectivity index (χ0n) is 12.0. The lowest BCUT2D eigenvalue weighted by Crippen LogP contribution is -2.44. The summed E-state index contributed by atoms with van der Waals surface area (Å²) in [6, 6.07) is 0. The topological polar surface area (TPSA) is 18.5 Å². The summed E-state index contributed by atoms with van der Waals surface area (Å²) >= 11 is 0. The van der Waals surface area contributed by atoms with Crippen molar-refractivity contribution in [3.63, 3.8) is 0 Å². The second-order valence-electron chi connectivity index (χ2n) is 5.63. The van der Waals surface area contributed by atoms with Gasteiger partial charge in [-0.3, -0.25) is 4.90 Å². The van der Waals surface area contributed by atoms with E-state index in [0.29, 0.717) is 0 Å². The Morgan fingerprint density at radius 2 is 1.72 bits per heavy atom. The van der Waals surface area contributed by atoms with Gasteiger partial charge in [-0.25, -0.2) is 0 Å². The van der Waals surface area contributed by atoms with Crippen molar-refractivity contribution in [2.24, 2.45) is 0 Å². The molecule has 2 rings (SSSR count). The highest BCUT2D eigenvalue weighted by molar-refractivity contribution is 5.04. The van der Waals surface area contributed by atoms with Gasteiger partial charge in [-0.15, -0.1) is 0 Å². The molecule has 2 heterocycles. The summed E-state index contributed by atoms with van der Waals surface area (Å²) in [5.41, 5.74) is 1.63. The van der Waals surface area contributed by atoms with E-state index in [-0.39, 0.29) is 0 Å². The van der Waals surface area contributed by atoms with Gasteiger partial charge >= 0.3 is 0 Å². The zero-order valence-corrected chi connectivity index (χ0v) is 12.0. The highest BCUT2D eigenvalue weighted by Crippen LogP contribution is 2.12. The van der Waals surface area contributed by atoms with Gasteiger partial charge in [0, 0.05) is 39.3 Å². The maximum Gasteiger partial charge on any atom is 0.0194 e. The molecule has 1 N–H and O–H groups in total. The van der Waals surface area contributed by atoms with Crippen LogP contribution in [0.5, 0.6) is 0 Å². The monoisotopic (exact) mass is 251 g/mol. The van der Waals surface area contributed by atoms with Crippen molar-refractivity contribution in [1.29, 1.82) is 0 Å². The van der Waals surface area contributed by atoms with Crippen LogP contribution in [-0.4, -0.2) is 62.2 Å². The van der Waals surface area contributed by atoms with E-state index in [9.17, 15) is 0 Å². The maximum atomic E-state index is 3.42. The molecule has 2 saturated heterocycles. The number of piperidine rings is 1. The molecule has 0 radical (unpaired) electrons. The number of piperazine rings is 1. The predicted octanol–water partition coefficient (Wildman–Crippen LogP) is 1.71. The Kier molecular flexibility index (Phi) is 6.18. The van der Waals surface area contributed by atoms with Crippen LogP contribution in [0.25, 0.3) is 0 Å². The van der Waals surface area contributed by atoms with Crippen molar-refractivity contribution in [3.05, 3.63) is 11.6 Å². The molecule has 3 heteroatoms. The summed E-state index contributed by atoms with van der Waals surface area (Å²) in [6.45, 7) is 12.0. The van der Waals surface area contributed by atoms with Crippen LogP contribution in [0.3, 0.4) is 0 Å². The summed E-state index contributed by atoms with van der Waals surface area (Å²) in [5.74, 6) is 0. The molecule has 0 aromatic heterocycles. The highest BCUT2D eigenvalue weighted by Gasteiger charge is 2.13. The number of allylic oxidation sites excluding steroid dienone is 1. The van der Waals surface area contributed by atoms with E-state index in [4.69, 9.17) is 0 Å². The van der Waals surface area contributed by atoms with Crippen molar-refractivity contribution in [2.45, 2.75) is 32.6 Å². The molecule has 0 saturated carbocycles. The van der Waals surface area contributed by atoms with Crippen LogP contribution in [0, 0.1) is 0 Å². The van der Waals surface area contributed by atoms with Crippen LogP contribution in [0.4, 0.5) is 0 Å². The minimum absolute atomic E-state index is 1.16. The smallest absolute Gasteiger partial charge is 0.0194 e. The summed E-state index contributed by atoms with van der Waals surface area (Å²) in [5, 5.41) is 3.42. The third-order valence-electron chi connectivity index (χ3n) is 4.24. The molecule has 0 aromatic rings. The molecule has 3 nitrogen and oxygen atoms in total. The van der Waals surface area contributed by atoms with Crippen LogP contribution in [0.1, 0.15) is 32.6 Å². The molecule has 0 spiro atoms. The Morgan fingerprint density at radius 1 is 1.00 bits per heavy atom. The molecule has 18 heavy (non-hydrogen) atoms. The van der Waals surface area contributed by atoms with E-state index in [0.717, 1.165) is 13.1 Å². The second kappa shape index (κ2) is 7.93. The molecule has 0 bridgehead atoms. The van der Waals surface area contributed by atoms with Crippen LogP contribution in [0.2, 0.25) is 0 Å². The minimum atomic E-state index is 1.16. The fraction of sp³-hybridized carbons (Fsp3) is 0.867. The van der Waals surface area contributed by atoms with Crippen LogP contribution in [0.15, 0.2) is 11.6 Å². The van der Waals surface area contributed by atoms with E-state index < -0.39 is 0 Å². The number of hydrogen-bond donors (Lipinski definition) is 1. The van der Waals surface area contributed by atoms with Crippen molar-refractivity contribution >= 4 is 0 Å². The van der Waals surface area contributed by atoms with E-state index in [1.54, 1.807) is 5.57 Å². The van der Waals surface area contributed by atoms with Crippen molar-refractivity contribution < 1.29 is 0 Å². The molecule has 0 unspecified atom stereocenters. The maximum absolute atomic E-state index is 3.42. The molecule has 2 aliphatic heterocycles. The number of hydrogen-bond acceptors (Lipinski definition) is 3. The normalized spacial score (nSPS) is 24.4. The minimum Gasteiger partial charge on any atom is -0.314 e. The van der Waals surface area contributed by atoms with Crippen molar-refractivity contribution in [2.75, 3.05) is 52.4 Å². The largest absolute Gasteiger partial charge is 0.314 e. The summed E-state index contributed by atoms with van der Waals surface area (Å²) in [4.78, 5) is 5.23. The molecule has 104 valence electrons. The average molecular weight is 251 g/mol. The van der Waals surface area contributed by atoms with Gasteiger partial charge in [0.1, 0.15) is 0 Å². The molecule has 2 aliphatic rings. The molecule has 0 amide bonds. The quantitative estimate of drug-likeness (QED) is 0.751. The van der Waals surface area contributed by atoms with E-state index in [2.05, 4.69) is 28.1 Å². The zero-order chi connectivity index (χ0) is 12.6. The summed E-state index contributed by atoms with van der Waals surface area (Å²) in [7, 11) is 0. The molecular weight excluding hydrogens is 222 g/mol. The first kappa shape index (κ1) is 14.0. The second-order valence-corrected chi connectivity index (χ2v) is 5.63. The predicted molar refractivity (Wildman–Crippen MR) is 78.0 cm³/mol. The molecule has 2 fully saturated rings. The number of nitrogens with one attached hydrogen (secondary N) is 1. The number of likely N-dealkylation sites (tertiary alicyclic amines) is 1. The molecular formula is C15H29N3. The Bertz CT molecular complexity index is 250. The van der Waals surface area contributed by atoms with Crippen molar-refractivity contribution in [3.8, 4) is 0 Å². The Balaban J connectivity index is 1.68. The first-order valence-electron chi connectivity index (χ1n) is 7.68. The van der Waals surface area contributed by atoms with Gasteiger partial charge in [0.2, 0.25) is 0 Å². The van der Waals surface area contributed by atoms with E-state index in [1.807, 2.05) is 0 Å². The van der Waals surface area contributed by atoms with E-state index >= 15 is 0 Å². The van der Waals surface area contributed by atoms with Gasteiger partial charge in [0.05, 0.1) is 0 Å². The van der Waals surface area contributed by atoms with Crippen LogP contribution < -0.4 is 5.32 Å². The average Bonchev–Trinajstić information content (AvgIpc) is 2.45. The van der Waals surface area contributed by atoms with E-state index in [1.165, 1.54) is 65.0 Å². The SMILES string of the molecule is CC=C(CCN1CCCCC1)CN1CCNCC1. The van der Waals surface area contributed by atoms with Crippen molar-refractivity contribution in [1.82, 2.24) is 15.1 Å². The third-order valence-corrected chi connectivity index (χ3v) is 4.24. The Hall–Kier alpha value is -0.380. The molecule has 0 aliphatic carbocycles. The van der Waals surface area contributed by atoms with Gasteiger partial charge in [0.15, 0.2) is 0 Å². The fourth-order valence-corrected chi connectivity index (χ4v) is 2.96. The Morgan fingerprint density at radius 3 is 2.39 bits per heavy atom. The van der Waals surface area contributed by atoms with Gasteiger partial charge in [-0.05, 0) is 39.3 Å². The standard InChI is InChI=1S/C15H29N3/c1-2-15(14-18-12-7-16-8-13-18)6-11-17-9-4-3-5-10-17/h2,16H,3-14H2,1H3. The lowest BCUT2D eigenvalue weighted by molar-refractivity contribution is 0.224. The lowest BCUT2D eigenvalue weighted by atomic mass is 10.1. The highest BCUT2D eigenvalue weighted by atomic mass is 15.2.